The highest BCUT2D eigenvalue weighted by Gasteiger charge is 2.23. The second-order valence-electron chi connectivity index (χ2n) is 4.68. The summed E-state index contributed by atoms with van der Waals surface area (Å²) in [4.78, 5) is 4.72. The highest BCUT2D eigenvalue weighted by atomic mass is 32.2. The predicted molar refractivity (Wildman–Crippen MR) is 63.9 cm³/mol. The van der Waals surface area contributed by atoms with Gasteiger partial charge in [-0.3, -0.25) is 4.99 Å². The van der Waals surface area contributed by atoms with Crippen molar-refractivity contribution in [1.82, 2.24) is 5.32 Å². The van der Waals surface area contributed by atoms with E-state index in [1.165, 1.54) is 36.6 Å². The monoisotopic (exact) mass is 212 g/mol. The van der Waals surface area contributed by atoms with E-state index < -0.39 is 0 Å². The summed E-state index contributed by atoms with van der Waals surface area (Å²) in [6.45, 7) is 4.51. The van der Waals surface area contributed by atoms with Crippen molar-refractivity contribution < 1.29 is 0 Å². The smallest absolute Gasteiger partial charge is 0.157 e. The third kappa shape index (κ3) is 2.44. The number of nitrogens with zero attached hydrogens (tertiary/aromatic N) is 1. The van der Waals surface area contributed by atoms with Crippen LogP contribution in [-0.2, 0) is 0 Å². The molecule has 0 aromatic carbocycles. The summed E-state index contributed by atoms with van der Waals surface area (Å²) in [5, 5.41) is 4.78. The van der Waals surface area contributed by atoms with E-state index in [0.717, 1.165) is 0 Å². The molecule has 0 bridgehead atoms. The molecule has 2 aliphatic rings. The van der Waals surface area contributed by atoms with E-state index in [0.29, 0.717) is 18.0 Å². The Kier molecular flexibility index (Phi) is 3.37. The van der Waals surface area contributed by atoms with Gasteiger partial charge in [-0.1, -0.05) is 38.5 Å². The van der Waals surface area contributed by atoms with Crippen LogP contribution in [0.15, 0.2) is 4.99 Å². The van der Waals surface area contributed by atoms with Gasteiger partial charge < -0.3 is 5.32 Å². The second-order valence-corrected chi connectivity index (χ2v) is 5.69. The molecule has 1 atom stereocenters. The quantitative estimate of drug-likeness (QED) is 0.761. The molecule has 0 spiro atoms. The molecule has 0 amide bonds. The molecule has 80 valence electrons. The maximum atomic E-state index is 4.72. The summed E-state index contributed by atoms with van der Waals surface area (Å²) in [5.41, 5.74) is 0. The van der Waals surface area contributed by atoms with Gasteiger partial charge in [0.05, 0.1) is 6.04 Å². The fraction of sp³-hybridized carbons (Fsp3) is 0.909. The van der Waals surface area contributed by atoms with Crippen LogP contribution in [0.3, 0.4) is 0 Å². The number of rotatable bonds is 2. The molecule has 2 rings (SSSR count). The zero-order chi connectivity index (χ0) is 9.97. The molecular weight excluding hydrogens is 192 g/mol. The van der Waals surface area contributed by atoms with Crippen LogP contribution in [0.4, 0.5) is 0 Å². The van der Waals surface area contributed by atoms with Crippen molar-refractivity contribution in [3.05, 3.63) is 0 Å². The van der Waals surface area contributed by atoms with E-state index in [-0.39, 0.29) is 0 Å². The highest BCUT2D eigenvalue weighted by molar-refractivity contribution is 8.14. The maximum absolute atomic E-state index is 4.72. The Balaban J connectivity index is 1.83. The summed E-state index contributed by atoms with van der Waals surface area (Å²) >= 11 is 1.90. The van der Waals surface area contributed by atoms with Crippen LogP contribution in [0.1, 0.15) is 39.5 Å². The van der Waals surface area contributed by atoms with Crippen molar-refractivity contribution in [1.29, 1.82) is 0 Å². The molecule has 3 heteroatoms. The van der Waals surface area contributed by atoms with Gasteiger partial charge in [-0.05, 0) is 18.8 Å². The van der Waals surface area contributed by atoms with Gasteiger partial charge in [0.15, 0.2) is 5.17 Å². The Morgan fingerprint density at radius 1 is 1.36 bits per heavy atom. The molecule has 0 aromatic rings. The van der Waals surface area contributed by atoms with E-state index in [9.17, 15) is 0 Å². The van der Waals surface area contributed by atoms with Crippen LogP contribution in [0, 0.1) is 5.92 Å². The van der Waals surface area contributed by atoms with Crippen molar-refractivity contribution in [2.75, 3.05) is 5.75 Å². The maximum Gasteiger partial charge on any atom is 0.157 e. The van der Waals surface area contributed by atoms with Gasteiger partial charge in [-0.25, -0.2) is 0 Å². The zero-order valence-corrected chi connectivity index (χ0v) is 9.94. The molecule has 1 heterocycles. The fourth-order valence-corrected chi connectivity index (χ4v) is 3.30. The van der Waals surface area contributed by atoms with Crippen LogP contribution in [0.25, 0.3) is 0 Å². The largest absolute Gasteiger partial charge is 0.362 e. The topological polar surface area (TPSA) is 24.4 Å². The van der Waals surface area contributed by atoms with Crippen molar-refractivity contribution in [2.45, 2.75) is 51.6 Å². The minimum atomic E-state index is 0.545. The highest BCUT2D eigenvalue weighted by Crippen LogP contribution is 2.24. The van der Waals surface area contributed by atoms with Gasteiger partial charge in [0, 0.05) is 11.8 Å². The summed E-state index contributed by atoms with van der Waals surface area (Å²) < 4.78 is 0. The first-order valence-electron chi connectivity index (χ1n) is 5.73. The summed E-state index contributed by atoms with van der Waals surface area (Å²) in [5.74, 6) is 1.86. The lowest BCUT2D eigenvalue weighted by Crippen LogP contribution is -2.29. The lowest BCUT2D eigenvalue weighted by Gasteiger charge is -2.11. The standard InChI is InChI=1S/C11H20N2S/c1-8(2)10-7-14-11(13-10)12-9-5-3-4-6-9/h8-10H,3-7H2,1-2H3,(H,12,13). The van der Waals surface area contributed by atoms with Gasteiger partial charge in [-0.2, -0.15) is 0 Å². The van der Waals surface area contributed by atoms with E-state index in [4.69, 9.17) is 4.99 Å². The molecule has 0 radical (unpaired) electrons. The van der Waals surface area contributed by atoms with Crippen molar-refractivity contribution in [2.24, 2.45) is 10.9 Å². The lowest BCUT2D eigenvalue weighted by molar-refractivity contribution is 0.540. The number of hydrogen-bond acceptors (Lipinski definition) is 3. The molecule has 14 heavy (non-hydrogen) atoms. The van der Waals surface area contributed by atoms with Gasteiger partial charge in [0.2, 0.25) is 0 Å². The summed E-state index contributed by atoms with van der Waals surface area (Å²) in [7, 11) is 0. The number of amidine groups is 1. The summed E-state index contributed by atoms with van der Waals surface area (Å²) in [6, 6.07) is 1.26. The number of aliphatic imine (C=N–C) groups is 1. The average Bonchev–Trinajstić information content (AvgIpc) is 2.75. The number of thioether (sulfide) groups is 1. The van der Waals surface area contributed by atoms with Crippen molar-refractivity contribution >= 4 is 16.9 Å². The molecule has 1 fully saturated rings. The first-order valence-corrected chi connectivity index (χ1v) is 6.71. The van der Waals surface area contributed by atoms with Crippen LogP contribution >= 0.6 is 11.8 Å². The Bertz CT molecular complexity index is 219. The first kappa shape index (κ1) is 10.3. The van der Waals surface area contributed by atoms with Gasteiger partial charge in [-0.15, -0.1) is 0 Å². The molecule has 1 N–H and O–H groups in total. The van der Waals surface area contributed by atoms with Gasteiger partial charge in [0.25, 0.3) is 0 Å². The predicted octanol–water partition coefficient (Wildman–Crippen LogP) is 2.65. The second kappa shape index (κ2) is 4.56. The molecular formula is C11H20N2S. The van der Waals surface area contributed by atoms with Gasteiger partial charge >= 0.3 is 0 Å². The minimum Gasteiger partial charge on any atom is -0.362 e. The molecule has 0 aromatic heterocycles. The number of hydrogen-bond donors (Lipinski definition) is 1. The lowest BCUT2D eigenvalue weighted by atomic mass is 10.1. The summed E-state index contributed by atoms with van der Waals surface area (Å²) in [6.07, 6.45) is 5.46. The van der Waals surface area contributed by atoms with Crippen LogP contribution < -0.4 is 5.32 Å². The van der Waals surface area contributed by atoms with E-state index >= 15 is 0 Å². The van der Waals surface area contributed by atoms with Crippen LogP contribution in [0.2, 0.25) is 0 Å². The van der Waals surface area contributed by atoms with E-state index in [2.05, 4.69) is 19.2 Å². The average molecular weight is 212 g/mol. The molecule has 1 aliphatic carbocycles. The van der Waals surface area contributed by atoms with Crippen LogP contribution in [-0.4, -0.2) is 23.0 Å². The van der Waals surface area contributed by atoms with Crippen molar-refractivity contribution in [3.8, 4) is 0 Å². The fourth-order valence-electron chi connectivity index (χ4n) is 2.05. The molecule has 1 unspecified atom stereocenters. The Morgan fingerprint density at radius 2 is 2.07 bits per heavy atom. The third-order valence-electron chi connectivity index (χ3n) is 3.13. The molecule has 0 saturated heterocycles. The van der Waals surface area contributed by atoms with E-state index in [1.54, 1.807) is 0 Å². The first-order chi connectivity index (χ1) is 6.75. The molecule has 2 nitrogen and oxygen atoms in total. The molecule has 1 saturated carbocycles. The number of nitrogens with one attached hydrogen (secondary N) is 1. The van der Waals surface area contributed by atoms with Crippen molar-refractivity contribution in [3.63, 3.8) is 0 Å². The Morgan fingerprint density at radius 3 is 2.64 bits per heavy atom. The third-order valence-corrected chi connectivity index (χ3v) is 4.13. The SMILES string of the molecule is CC(C)C1CSC(NC2CCCC2)=N1. The van der Waals surface area contributed by atoms with Gasteiger partial charge in [0.1, 0.15) is 0 Å². The Labute approximate surface area is 90.9 Å². The normalized spacial score (nSPS) is 28.5. The Hall–Kier alpha value is -0.180. The van der Waals surface area contributed by atoms with Crippen LogP contribution in [0.5, 0.6) is 0 Å². The molecule has 1 aliphatic heterocycles. The minimum absolute atomic E-state index is 0.545. The van der Waals surface area contributed by atoms with E-state index in [1.807, 2.05) is 11.8 Å². The zero-order valence-electron chi connectivity index (χ0n) is 9.12.